The third-order valence-corrected chi connectivity index (χ3v) is 20.8. The van der Waals surface area contributed by atoms with Crippen molar-refractivity contribution < 1.29 is 87.2 Å². The van der Waals surface area contributed by atoms with E-state index in [1.54, 1.807) is 118 Å². The number of hydrogen-bond acceptors (Lipinski definition) is 19. The minimum atomic E-state index is -2.15. The summed E-state index contributed by atoms with van der Waals surface area (Å²) >= 11 is 0. The van der Waals surface area contributed by atoms with E-state index in [0.717, 1.165) is 0 Å². The third-order valence-electron chi connectivity index (χ3n) is 20.8. The highest BCUT2D eigenvalue weighted by molar-refractivity contribution is 6.09. The van der Waals surface area contributed by atoms with Crippen LogP contribution in [0.2, 0.25) is 0 Å². The van der Waals surface area contributed by atoms with Crippen molar-refractivity contribution in [1.29, 1.82) is 0 Å². The predicted molar refractivity (Wildman–Crippen MR) is 449 cm³/mol. The summed E-state index contributed by atoms with van der Waals surface area (Å²) in [5.74, 6) is -15.9. The molecule has 1 unspecified atom stereocenters. The summed E-state index contributed by atoms with van der Waals surface area (Å²) in [7, 11) is 3.75. The summed E-state index contributed by atoms with van der Waals surface area (Å²) in [4.78, 5) is 214. The van der Waals surface area contributed by atoms with Crippen molar-refractivity contribution in [2.24, 2.45) is 46.8 Å². The standard InChI is InChI=1S/C84H147N15O18/c1-34-47(18)59(73(107)85-52(23)67(101)88-56(44(12)13)70(104)90-57(45(14)15)71(105)89-55(43(10)11)69(103)87-54(42(8)9)40-99(32)33)94-77(111)63(82(27,28)115)97-78(112)64(83(29,30)116)96-76(110)62(50(21)37-4)93-72(106)58(46(16)17)91-75(109)61(49(20)36-3)92-68(102)53(24)86-74(108)60(48(19)35-2)95-79(113)65(84(31,117)38-5)98-80(114)81(25,26)66(100)51(22)39-41(6)7/h41-42,44-46,50-54,56-58,62-65,115-117H,34-40H2,1-33H3,(H,85,107)(H,86,108)(H,87,103)(H,88,101)(H,89,105)(H,90,104)(H,91,109)(H,92,102)(H,93,106)(H,94,111)(H,95,113)(H,96,110)(H,97,112)(H,98,114)/b59-47+,60-48-,61-49-/t50-,51-,52-,53-,54-,56+,57-,58+,62?,63+,64-,65+,84+/m0/s1. The van der Waals surface area contributed by atoms with Crippen LogP contribution in [-0.4, -0.2) is 207 Å². The second kappa shape index (κ2) is 47.6. The van der Waals surface area contributed by atoms with E-state index < -0.39 is 195 Å². The van der Waals surface area contributed by atoms with Gasteiger partial charge in [0.15, 0.2) is 5.78 Å². The SMILES string of the molecule is CC/C(C)=C(\NC(=O)[C@H](C)NC(=O)/C(NC(=O)[C@@H](NC(=O)C(C)(C)C(=O)[C@@H](C)CC(C)C)[C@](C)(O)CC)=C(\C)CC)C(=O)N[C@@H](C(=O)NC(C(=O)N[C@@H](C(=O)N[C@H](C(=O)N/C(C(=O)N[C@@H](C)C(=O)N[C@@H](C(=O)N[C@H](C(=O)NC(C(=O)N[C@@H](CN(C)C)C(C)C)=C(C)C)C(C)C)C(C)C)=C(\C)CC)C(C)(C)O)C(C)(C)O)[C@@H](C)CC)C(C)C. The Kier molecular flexibility index (Phi) is 44.0. The molecule has 666 valence electrons. The minimum absolute atomic E-state index is 0.0135. The number of Topliss-reactive ketones (excluding diaryl/α,β-unsaturated/α-hetero) is 1. The van der Waals surface area contributed by atoms with Crippen LogP contribution < -0.4 is 74.4 Å². The van der Waals surface area contributed by atoms with Crippen LogP contribution in [0.4, 0.5) is 0 Å². The summed E-state index contributed by atoms with van der Waals surface area (Å²) in [5, 5.41) is 71.1. The second-order valence-electron chi connectivity index (χ2n) is 35.2. The number of ketones is 1. The highest BCUT2D eigenvalue weighted by atomic mass is 16.3. The van der Waals surface area contributed by atoms with E-state index in [4.69, 9.17) is 0 Å². The Morgan fingerprint density at radius 1 is 0.359 bits per heavy atom. The molecule has 0 aliphatic carbocycles. The van der Waals surface area contributed by atoms with Gasteiger partial charge in [-0.3, -0.25) is 71.9 Å². The Morgan fingerprint density at radius 3 is 1.08 bits per heavy atom. The van der Waals surface area contributed by atoms with E-state index >= 15 is 0 Å². The molecule has 0 bridgehead atoms. The Hall–Kier alpha value is -8.95. The summed E-state index contributed by atoms with van der Waals surface area (Å²) in [6.45, 7) is 49.3. The second-order valence-corrected chi connectivity index (χ2v) is 35.2. The number of likely N-dealkylation sites (N-methyl/N-ethyl adjacent to an activating group) is 1. The number of nitrogens with zero attached hydrogens (tertiary/aromatic N) is 1. The summed E-state index contributed by atoms with van der Waals surface area (Å²) in [5.41, 5.74) is -7.37. The summed E-state index contributed by atoms with van der Waals surface area (Å²) in [6.07, 6.45) is 1.24. The average molecular weight is 1660 g/mol. The van der Waals surface area contributed by atoms with Gasteiger partial charge in [0.05, 0.1) is 16.8 Å². The van der Waals surface area contributed by atoms with Crippen LogP contribution in [0, 0.1) is 46.8 Å². The van der Waals surface area contributed by atoms with Gasteiger partial charge < -0.3 is 94.7 Å². The molecule has 13 atom stereocenters. The monoisotopic (exact) mass is 1650 g/mol. The maximum Gasteiger partial charge on any atom is 0.268 e. The largest absolute Gasteiger partial charge is 0.388 e. The van der Waals surface area contributed by atoms with E-state index in [0.29, 0.717) is 29.7 Å². The van der Waals surface area contributed by atoms with Crippen molar-refractivity contribution in [3.8, 4) is 0 Å². The van der Waals surface area contributed by atoms with Crippen molar-refractivity contribution in [1.82, 2.24) is 79.3 Å². The lowest BCUT2D eigenvalue weighted by molar-refractivity contribution is -0.147. The van der Waals surface area contributed by atoms with Gasteiger partial charge in [0.25, 0.3) is 23.6 Å². The quantitative estimate of drug-likeness (QED) is 0.0303. The normalized spacial score (nSPS) is 16.3. The molecular weight excluding hydrogens is 1510 g/mol. The first-order valence-corrected chi connectivity index (χ1v) is 40.9. The first-order chi connectivity index (χ1) is 53.5. The molecule has 0 fully saturated rings. The van der Waals surface area contributed by atoms with Gasteiger partial charge in [-0.2, -0.15) is 0 Å². The lowest BCUT2D eigenvalue weighted by Gasteiger charge is -2.35. The zero-order valence-corrected chi connectivity index (χ0v) is 76.2. The lowest BCUT2D eigenvalue weighted by atomic mass is 9.78. The van der Waals surface area contributed by atoms with E-state index in [9.17, 15) is 87.2 Å². The van der Waals surface area contributed by atoms with Gasteiger partial charge in [-0.1, -0.05) is 124 Å². The van der Waals surface area contributed by atoms with Gasteiger partial charge in [-0.15, -0.1) is 0 Å². The maximum absolute atomic E-state index is 14.6. The van der Waals surface area contributed by atoms with Crippen molar-refractivity contribution in [2.75, 3.05) is 20.6 Å². The Labute approximate surface area is 695 Å². The van der Waals surface area contributed by atoms with Crippen molar-refractivity contribution in [3.63, 3.8) is 0 Å². The first kappa shape index (κ1) is 108. The van der Waals surface area contributed by atoms with Crippen LogP contribution in [0.3, 0.4) is 0 Å². The minimum Gasteiger partial charge on any atom is -0.388 e. The molecule has 0 aromatic carbocycles. The van der Waals surface area contributed by atoms with Crippen molar-refractivity contribution >= 4 is 88.5 Å². The summed E-state index contributed by atoms with van der Waals surface area (Å²) < 4.78 is 0. The maximum atomic E-state index is 14.6. The van der Waals surface area contributed by atoms with Gasteiger partial charge in [0.1, 0.15) is 82.6 Å². The van der Waals surface area contributed by atoms with E-state index in [1.165, 1.54) is 69.2 Å². The molecule has 33 heteroatoms. The number of hydrogen-bond donors (Lipinski definition) is 17. The fraction of sp³-hybridized carbons (Fsp3) is 0.726. The fourth-order valence-corrected chi connectivity index (χ4v) is 12.0. The molecule has 0 radical (unpaired) electrons. The van der Waals surface area contributed by atoms with Crippen LogP contribution in [0.15, 0.2) is 45.1 Å². The van der Waals surface area contributed by atoms with Gasteiger partial charge in [0, 0.05) is 18.5 Å². The number of carbonyl (C=O) groups excluding carboxylic acids is 15. The highest BCUT2D eigenvalue weighted by Crippen LogP contribution is 2.28. The third kappa shape index (κ3) is 33.4. The molecule has 0 aliphatic rings. The summed E-state index contributed by atoms with van der Waals surface area (Å²) in [6, 6.07) is -14.0. The van der Waals surface area contributed by atoms with Gasteiger partial charge in [-0.25, -0.2) is 0 Å². The van der Waals surface area contributed by atoms with Crippen LogP contribution >= 0.6 is 0 Å². The molecule has 0 saturated carbocycles. The van der Waals surface area contributed by atoms with Crippen LogP contribution in [0.25, 0.3) is 0 Å². The zero-order valence-electron chi connectivity index (χ0n) is 76.2. The molecule has 0 rings (SSSR count). The van der Waals surface area contributed by atoms with E-state index in [-0.39, 0.29) is 78.4 Å². The Balaban J connectivity index is 6.94. The smallest absolute Gasteiger partial charge is 0.268 e. The molecule has 0 heterocycles. The molecule has 0 aliphatic heterocycles. The lowest BCUT2D eigenvalue weighted by Crippen LogP contribution is -2.66. The van der Waals surface area contributed by atoms with E-state index in [2.05, 4.69) is 74.4 Å². The number of aliphatic hydroxyl groups is 3. The molecular formula is C84H147N15O18. The van der Waals surface area contributed by atoms with Gasteiger partial charge in [0.2, 0.25) is 59.1 Å². The number of amides is 14. The molecule has 0 saturated heterocycles. The van der Waals surface area contributed by atoms with Crippen molar-refractivity contribution in [2.45, 2.75) is 330 Å². The number of carbonyl (C=O) groups is 15. The number of allylic oxidation sites excluding steroid dienone is 4. The fourth-order valence-electron chi connectivity index (χ4n) is 12.0. The van der Waals surface area contributed by atoms with Crippen LogP contribution in [-0.2, 0) is 71.9 Å². The molecule has 14 amide bonds. The molecule has 0 spiro atoms. The van der Waals surface area contributed by atoms with Gasteiger partial charge >= 0.3 is 0 Å². The number of rotatable bonds is 47. The molecule has 0 aromatic rings. The van der Waals surface area contributed by atoms with Gasteiger partial charge in [-0.05, 0) is 201 Å². The first-order valence-electron chi connectivity index (χ1n) is 40.9. The molecule has 0 aromatic heterocycles. The zero-order chi connectivity index (χ0) is 91.5. The Morgan fingerprint density at radius 2 is 0.701 bits per heavy atom. The number of nitrogens with one attached hydrogen (secondary N) is 14. The molecule has 117 heavy (non-hydrogen) atoms. The Bertz CT molecular complexity index is 3660. The van der Waals surface area contributed by atoms with Crippen LogP contribution in [0.1, 0.15) is 253 Å². The molecule has 17 N–H and O–H groups in total. The van der Waals surface area contributed by atoms with Crippen molar-refractivity contribution in [3.05, 3.63) is 45.1 Å². The topological polar surface area (TPSA) is 488 Å². The van der Waals surface area contributed by atoms with Crippen LogP contribution in [0.5, 0.6) is 0 Å². The highest BCUT2D eigenvalue weighted by Gasteiger charge is 2.47. The van der Waals surface area contributed by atoms with E-state index in [1.807, 2.05) is 46.7 Å². The average Bonchev–Trinajstić information content (AvgIpc) is 0.783. The predicted octanol–water partition coefficient (Wildman–Crippen LogP) is 3.90. The molecule has 33 nitrogen and oxygen atoms in total.